The molecule has 0 aliphatic heterocycles. The molecule has 1 amide bonds. The Morgan fingerprint density at radius 3 is 2.81 bits per heavy atom. The molecule has 1 heterocycles. The number of allylic oxidation sites excluding steroid dienone is 3. The number of hydrogen-bond donors (Lipinski definition) is 1. The average Bonchev–Trinajstić information content (AvgIpc) is 2.47. The molecule has 0 saturated heterocycles. The number of nitrogens with two attached hydrogens (primary N) is 1. The number of fused-ring (bicyclic) bond motifs is 1. The number of carbonyl (C=O) groups excluding carboxylic acids is 1. The maximum atomic E-state index is 11.5. The first kappa shape index (κ1) is 14.9. The standard InChI is InChI=1S/C16H14ClN3O/c1-3-10(6-7-19-2)12-9-15(16(18)21)20-14-5-4-11(17)8-13(12)14/h3-9H,2H2,1H3,(H2,18,21)/b7-6-,10-3+. The minimum atomic E-state index is -0.575. The Hall–Kier alpha value is -2.46. The van der Waals surface area contributed by atoms with Crippen LogP contribution in [0.15, 0.2) is 47.6 Å². The quantitative estimate of drug-likeness (QED) is 0.692. The van der Waals surface area contributed by atoms with E-state index in [0.717, 1.165) is 16.5 Å². The Bertz CT molecular complexity index is 778. The van der Waals surface area contributed by atoms with Crippen molar-refractivity contribution in [2.24, 2.45) is 10.7 Å². The van der Waals surface area contributed by atoms with E-state index in [-0.39, 0.29) is 5.69 Å². The summed E-state index contributed by atoms with van der Waals surface area (Å²) >= 11 is 6.06. The zero-order chi connectivity index (χ0) is 15.4. The summed E-state index contributed by atoms with van der Waals surface area (Å²) in [6.45, 7) is 5.30. The molecule has 0 radical (unpaired) electrons. The maximum Gasteiger partial charge on any atom is 0.267 e. The second-order valence-corrected chi connectivity index (χ2v) is 4.76. The van der Waals surface area contributed by atoms with Crippen LogP contribution in [-0.2, 0) is 0 Å². The minimum Gasteiger partial charge on any atom is -0.364 e. The number of carbonyl (C=O) groups is 1. The second kappa shape index (κ2) is 6.33. The average molecular weight is 300 g/mol. The molecule has 0 saturated carbocycles. The van der Waals surface area contributed by atoms with E-state index in [0.29, 0.717) is 10.5 Å². The molecular formula is C16H14ClN3O. The molecule has 4 nitrogen and oxygen atoms in total. The summed E-state index contributed by atoms with van der Waals surface area (Å²) < 4.78 is 0. The molecule has 1 aromatic carbocycles. The van der Waals surface area contributed by atoms with E-state index >= 15 is 0 Å². The molecule has 0 unspecified atom stereocenters. The van der Waals surface area contributed by atoms with Gasteiger partial charge in [-0.3, -0.25) is 9.79 Å². The molecule has 106 valence electrons. The lowest BCUT2D eigenvalue weighted by Crippen LogP contribution is -2.13. The van der Waals surface area contributed by atoms with Gasteiger partial charge in [-0.25, -0.2) is 4.98 Å². The zero-order valence-electron chi connectivity index (χ0n) is 11.5. The van der Waals surface area contributed by atoms with Crippen LogP contribution in [0.2, 0.25) is 5.02 Å². The summed E-state index contributed by atoms with van der Waals surface area (Å²) in [6.07, 6.45) is 5.28. The Kier molecular flexibility index (Phi) is 4.50. The fourth-order valence-corrected chi connectivity index (χ4v) is 2.21. The number of primary amides is 1. The first-order chi connectivity index (χ1) is 10.1. The molecule has 2 N–H and O–H groups in total. The topological polar surface area (TPSA) is 68.3 Å². The first-order valence-electron chi connectivity index (χ1n) is 6.26. The van der Waals surface area contributed by atoms with Crippen LogP contribution in [0.3, 0.4) is 0 Å². The highest BCUT2D eigenvalue weighted by atomic mass is 35.5. The third-order valence-electron chi connectivity index (χ3n) is 3.00. The molecule has 2 aromatic rings. The van der Waals surface area contributed by atoms with Gasteiger partial charge in [-0.2, -0.15) is 0 Å². The summed E-state index contributed by atoms with van der Waals surface area (Å²) in [5, 5.41) is 1.44. The van der Waals surface area contributed by atoms with Crippen molar-refractivity contribution in [1.82, 2.24) is 4.98 Å². The molecule has 21 heavy (non-hydrogen) atoms. The molecule has 5 heteroatoms. The highest BCUT2D eigenvalue weighted by Gasteiger charge is 2.11. The van der Waals surface area contributed by atoms with Crippen LogP contribution < -0.4 is 5.73 Å². The molecule has 1 aromatic heterocycles. The summed E-state index contributed by atoms with van der Waals surface area (Å²) in [5.74, 6) is -0.575. The molecule has 0 spiro atoms. The van der Waals surface area contributed by atoms with Gasteiger partial charge in [-0.05, 0) is 55.1 Å². The van der Waals surface area contributed by atoms with Gasteiger partial charge in [0, 0.05) is 16.6 Å². The van der Waals surface area contributed by atoms with Crippen molar-refractivity contribution in [1.29, 1.82) is 0 Å². The van der Waals surface area contributed by atoms with E-state index < -0.39 is 5.91 Å². The lowest BCUT2D eigenvalue weighted by Gasteiger charge is -2.09. The van der Waals surface area contributed by atoms with E-state index in [1.165, 1.54) is 0 Å². The van der Waals surface area contributed by atoms with Gasteiger partial charge in [0.1, 0.15) is 5.69 Å². The molecule has 0 aliphatic carbocycles. The molecule has 0 aliphatic rings. The fraction of sp³-hybridized carbons (Fsp3) is 0.0625. The predicted molar refractivity (Wildman–Crippen MR) is 87.6 cm³/mol. The normalized spacial score (nSPS) is 12.0. The van der Waals surface area contributed by atoms with Crippen molar-refractivity contribution >= 4 is 40.7 Å². The van der Waals surface area contributed by atoms with Crippen molar-refractivity contribution in [3.8, 4) is 0 Å². The van der Waals surface area contributed by atoms with Crippen molar-refractivity contribution in [3.05, 3.63) is 58.9 Å². The summed E-state index contributed by atoms with van der Waals surface area (Å²) in [7, 11) is 0. The molecule has 0 fully saturated rings. The van der Waals surface area contributed by atoms with Gasteiger partial charge in [-0.15, -0.1) is 0 Å². The van der Waals surface area contributed by atoms with E-state index in [2.05, 4.69) is 16.7 Å². The zero-order valence-corrected chi connectivity index (χ0v) is 12.3. The van der Waals surface area contributed by atoms with Gasteiger partial charge in [0.15, 0.2) is 0 Å². The van der Waals surface area contributed by atoms with Crippen LogP contribution in [0.25, 0.3) is 16.5 Å². The van der Waals surface area contributed by atoms with Crippen LogP contribution in [0.1, 0.15) is 23.0 Å². The van der Waals surface area contributed by atoms with Gasteiger partial charge in [-0.1, -0.05) is 17.7 Å². The van der Waals surface area contributed by atoms with Crippen molar-refractivity contribution < 1.29 is 4.79 Å². The van der Waals surface area contributed by atoms with Crippen LogP contribution in [0.5, 0.6) is 0 Å². The molecule has 0 bridgehead atoms. The largest absolute Gasteiger partial charge is 0.364 e. The predicted octanol–water partition coefficient (Wildman–Crippen LogP) is 3.60. The lowest BCUT2D eigenvalue weighted by atomic mass is 9.99. The van der Waals surface area contributed by atoms with Gasteiger partial charge in [0.25, 0.3) is 5.91 Å². The number of aliphatic imine (C=N–C) groups is 1. The van der Waals surface area contributed by atoms with E-state index in [9.17, 15) is 4.79 Å². The number of pyridine rings is 1. The van der Waals surface area contributed by atoms with Crippen LogP contribution in [0.4, 0.5) is 0 Å². The monoisotopic (exact) mass is 299 g/mol. The Labute approximate surface area is 127 Å². The second-order valence-electron chi connectivity index (χ2n) is 4.32. The van der Waals surface area contributed by atoms with Gasteiger partial charge in [0.2, 0.25) is 0 Å². The van der Waals surface area contributed by atoms with Gasteiger partial charge >= 0.3 is 0 Å². The highest BCUT2D eigenvalue weighted by Crippen LogP contribution is 2.28. The summed E-state index contributed by atoms with van der Waals surface area (Å²) in [6, 6.07) is 6.95. The van der Waals surface area contributed by atoms with Gasteiger partial charge in [0.05, 0.1) is 5.52 Å². The van der Waals surface area contributed by atoms with E-state index in [1.807, 2.05) is 19.1 Å². The smallest absolute Gasteiger partial charge is 0.267 e. The van der Waals surface area contributed by atoms with Crippen molar-refractivity contribution in [2.45, 2.75) is 6.92 Å². The van der Waals surface area contributed by atoms with Crippen LogP contribution in [-0.4, -0.2) is 17.6 Å². The molecular weight excluding hydrogens is 286 g/mol. The summed E-state index contributed by atoms with van der Waals surface area (Å²) in [5.41, 5.74) is 7.91. The van der Waals surface area contributed by atoms with E-state index in [4.69, 9.17) is 17.3 Å². The lowest BCUT2D eigenvalue weighted by molar-refractivity contribution is 0.0996. The number of halogens is 1. The number of nitrogens with zero attached hydrogens (tertiary/aromatic N) is 2. The fourth-order valence-electron chi connectivity index (χ4n) is 2.04. The maximum absolute atomic E-state index is 11.5. The molecule has 2 rings (SSSR count). The Balaban J connectivity index is 2.80. The van der Waals surface area contributed by atoms with Gasteiger partial charge < -0.3 is 5.73 Å². The SMILES string of the molecule is C=N/C=C\C(=C/C)c1cc(C(N)=O)nc2ccc(Cl)cc12. The third kappa shape index (κ3) is 3.17. The van der Waals surface area contributed by atoms with Crippen LogP contribution in [0, 0.1) is 0 Å². The number of benzene rings is 1. The third-order valence-corrected chi connectivity index (χ3v) is 3.24. The number of aromatic nitrogens is 1. The highest BCUT2D eigenvalue weighted by molar-refractivity contribution is 6.31. The molecule has 0 atom stereocenters. The Morgan fingerprint density at radius 1 is 1.43 bits per heavy atom. The van der Waals surface area contributed by atoms with E-state index in [1.54, 1.807) is 30.5 Å². The first-order valence-corrected chi connectivity index (χ1v) is 6.63. The number of amides is 1. The van der Waals surface area contributed by atoms with Crippen molar-refractivity contribution in [2.75, 3.05) is 0 Å². The van der Waals surface area contributed by atoms with Crippen LogP contribution >= 0.6 is 11.6 Å². The Morgan fingerprint density at radius 2 is 2.19 bits per heavy atom. The number of hydrogen-bond acceptors (Lipinski definition) is 3. The minimum absolute atomic E-state index is 0.208. The van der Waals surface area contributed by atoms with Crippen molar-refractivity contribution in [3.63, 3.8) is 0 Å². The summed E-state index contributed by atoms with van der Waals surface area (Å²) in [4.78, 5) is 19.4. The number of rotatable bonds is 4.